The number of aliphatic carboxylic acids is 1. The summed E-state index contributed by atoms with van der Waals surface area (Å²) in [6.45, 7) is 3.53. The molecule has 0 spiro atoms. The Hall–Kier alpha value is -2.74. The topological polar surface area (TPSA) is 97.0 Å². The van der Waals surface area contributed by atoms with E-state index in [9.17, 15) is 14.7 Å². The van der Waals surface area contributed by atoms with Crippen molar-refractivity contribution in [1.82, 2.24) is 14.5 Å². The minimum absolute atomic E-state index is 0.00244. The van der Waals surface area contributed by atoms with Gasteiger partial charge in [-0.15, -0.1) is 0 Å². The smallest absolute Gasteiger partial charge is 0.360 e. The van der Waals surface area contributed by atoms with E-state index >= 15 is 0 Å². The molecule has 2 aromatic rings. The highest BCUT2D eigenvalue weighted by Gasteiger charge is 2.45. The molecule has 1 N–H and O–H groups in total. The van der Waals surface area contributed by atoms with Crippen molar-refractivity contribution in [3.05, 3.63) is 40.3 Å². The molecule has 4 aliphatic rings. The van der Waals surface area contributed by atoms with Crippen LogP contribution in [0.3, 0.4) is 0 Å². The Labute approximate surface area is 230 Å². The average Bonchev–Trinajstić information content (AvgIpc) is 3.07. The van der Waals surface area contributed by atoms with E-state index in [1.807, 2.05) is 28.8 Å². The fraction of sp³-hybridized carbons (Fsp3) is 0.677. The highest BCUT2D eigenvalue weighted by molar-refractivity contribution is 6.41. The molecule has 2 saturated heterocycles. The van der Waals surface area contributed by atoms with Crippen LogP contribution < -0.4 is 5.56 Å². The van der Waals surface area contributed by atoms with E-state index in [1.54, 1.807) is 13.8 Å². The van der Waals surface area contributed by atoms with E-state index in [0.29, 0.717) is 23.6 Å². The zero-order valence-corrected chi connectivity index (χ0v) is 23.3. The van der Waals surface area contributed by atoms with E-state index in [0.717, 1.165) is 30.2 Å². The van der Waals surface area contributed by atoms with Gasteiger partial charge in [-0.3, -0.25) is 9.69 Å². The summed E-state index contributed by atoms with van der Waals surface area (Å²) in [5.74, 6) is 0.448. The number of hydrogen-bond acceptors (Lipinski definition) is 6. The molecule has 210 valence electrons. The second-order valence-electron chi connectivity index (χ2n) is 12.7. The van der Waals surface area contributed by atoms with Crippen molar-refractivity contribution in [2.24, 2.45) is 17.0 Å². The Morgan fingerprint density at radius 3 is 2.23 bits per heavy atom. The van der Waals surface area contributed by atoms with Crippen LogP contribution in [-0.2, 0) is 9.63 Å². The van der Waals surface area contributed by atoms with E-state index in [2.05, 4.69) is 15.0 Å². The number of rotatable bonds is 6. The van der Waals surface area contributed by atoms with Crippen molar-refractivity contribution in [2.45, 2.75) is 121 Å². The molecule has 8 heteroatoms. The average molecular weight is 535 g/mol. The van der Waals surface area contributed by atoms with Crippen LogP contribution in [0.2, 0.25) is 0 Å². The first-order valence-electron chi connectivity index (χ1n) is 15.1. The molecule has 2 saturated carbocycles. The van der Waals surface area contributed by atoms with E-state index in [4.69, 9.17) is 4.84 Å². The predicted octanol–water partition coefficient (Wildman–Crippen LogP) is 5.53. The number of aromatic nitrogens is 2. The van der Waals surface area contributed by atoms with Crippen molar-refractivity contribution in [3.63, 3.8) is 0 Å². The second-order valence-corrected chi connectivity index (χ2v) is 12.7. The number of oxime groups is 1. The highest BCUT2D eigenvalue weighted by atomic mass is 16.6. The summed E-state index contributed by atoms with van der Waals surface area (Å²) in [7, 11) is 0. The quantitative estimate of drug-likeness (QED) is 0.387. The molecule has 1 aromatic carbocycles. The number of benzene rings is 1. The molecule has 39 heavy (non-hydrogen) atoms. The molecule has 1 unspecified atom stereocenters. The Morgan fingerprint density at radius 2 is 1.59 bits per heavy atom. The van der Waals surface area contributed by atoms with E-state index < -0.39 is 11.7 Å². The first-order valence-corrected chi connectivity index (χ1v) is 15.1. The molecule has 1 aromatic heterocycles. The minimum atomic E-state index is -1.31. The minimum Gasteiger partial charge on any atom is -0.476 e. The molecule has 6 rings (SSSR count). The summed E-state index contributed by atoms with van der Waals surface area (Å²) >= 11 is 0. The lowest BCUT2D eigenvalue weighted by atomic mass is 9.73. The number of fused-ring (bicyclic) bond motifs is 5. The Kier molecular flexibility index (Phi) is 7.49. The van der Waals surface area contributed by atoms with Gasteiger partial charge in [0.25, 0.3) is 5.56 Å². The van der Waals surface area contributed by atoms with Crippen molar-refractivity contribution in [2.75, 3.05) is 0 Å². The third-order valence-corrected chi connectivity index (χ3v) is 9.72. The van der Waals surface area contributed by atoms with Crippen LogP contribution >= 0.6 is 0 Å². The third-order valence-electron chi connectivity index (χ3n) is 9.72. The standard InChI is InChI=1S/C31H42N4O4/c1-19(2)39-33-29(31(37)38)28-30(36)35(27-13-6-5-12-26(27)32-28)25-17-22-10-7-11-23(18-25)34(22)24-15-20-8-3-4-9-21(14-20)16-24/h5-6,12-13,19-25H,3-4,7-11,14-18H2,1-2H3,(H,37,38)/b33-29-/t20-,21+,22-,23+,24?,25+. The van der Waals surface area contributed by atoms with Crippen molar-refractivity contribution in [3.8, 4) is 0 Å². The molecule has 0 amide bonds. The summed E-state index contributed by atoms with van der Waals surface area (Å²) < 4.78 is 1.84. The maximum Gasteiger partial charge on any atom is 0.360 e. The fourth-order valence-corrected chi connectivity index (χ4v) is 8.32. The summed E-state index contributed by atoms with van der Waals surface area (Å²) in [5.41, 5.74) is 0.402. The molecular formula is C31H42N4O4. The van der Waals surface area contributed by atoms with E-state index in [-0.39, 0.29) is 23.4 Å². The van der Waals surface area contributed by atoms with Crippen molar-refractivity contribution >= 4 is 22.7 Å². The van der Waals surface area contributed by atoms with Crippen LogP contribution in [-0.4, -0.2) is 55.5 Å². The first-order chi connectivity index (χ1) is 18.9. The summed E-state index contributed by atoms with van der Waals surface area (Å²) in [6.07, 6.45) is 14.8. The van der Waals surface area contributed by atoms with E-state index in [1.165, 1.54) is 64.2 Å². The van der Waals surface area contributed by atoms with Gasteiger partial charge in [0.15, 0.2) is 5.69 Å². The van der Waals surface area contributed by atoms with Crippen molar-refractivity contribution in [1.29, 1.82) is 0 Å². The molecule has 2 aliphatic carbocycles. The number of para-hydroxylation sites is 2. The summed E-state index contributed by atoms with van der Waals surface area (Å²) in [5, 5.41) is 13.8. The normalized spacial score (nSPS) is 31.7. The van der Waals surface area contributed by atoms with Gasteiger partial charge in [-0.05, 0) is 82.8 Å². The van der Waals surface area contributed by atoms with Gasteiger partial charge in [0.1, 0.15) is 6.10 Å². The van der Waals surface area contributed by atoms with Crippen LogP contribution in [0, 0.1) is 11.8 Å². The largest absolute Gasteiger partial charge is 0.476 e. The number of carboxylic acid groups (broad SMARTS) is 1. The molecule has 4 fully saturated rings. The highest BCUT2D eigenvalue weighted by Crippen LogP contribution is 2.47. The maximum atomic E-state index is 14.0. The Balaban J connectivity index is 1.36. The van der Waals surface area contributed by atoms with Gasteiger partial charge in [0.05, 0.1) is 11.0 Å². The lowest BCUT2D eigenvalue weighted by molar-refractivity contribution is -0.129. The van der Waals surface area contributed by atoms with Crippen LogP contribution in [0.1, 0.15) is 103 Å². The van der Waals surface area contributed by atoms with Gasteiger partial charge in [-0.2, -0.15) is 0 Å². The van der Waals surface area contributed by atoms with Gasteiger partial charge >= 0.3 is 5.97 Å². The third kappa shape index (κ3) is 5.24. The molecule has 8 nitrogen and oxygen atoms in total. The number of piperidine rings is 2. The second kappa shape index (κ2) is 11.0. The number of nitrogens with zero attached hydrogens (tertiary/aromatic N) is 4. The molecule has 0 radical (unpaired) electrons. The SMILES string of the molecule is CC(C)O/N=C(\C(=O)O)c1nc2ccccc2n([C@H]2C[C@H]3CCC[C@@H](C2)N3C2C[C@H]3CCCC[C@@H](C2)C3)c1=O. The number of carbonyl (C=O) groups is 1. The monoisotopic (exact) mass is 534 g/mol. The fourth-order valence-electron chi connectivity index (χ4n) is 8.32. The van der Waals surface area contributed by atoms with Crippen LogP contribution in [0.4, 0.5) is 0 Å². The lowest BCUT2D eigenvalue weighted by Gasteiger charge is -2.54. The molecule has 3 heterocycles. The van der Waals surface area contributed by atoms with Crippen LogP contribution in [0.15, 0.2) is 34.2 Å². The first kappa shape index (κ1) is 26.5. The molecule has 2 aliphatic heterocycles. The van der Waals surface area contributed by atoms with Gasteiger partial charge < -0.3 is 14.5 Å². The summed E-state index contributed by atoms with van der Waals surface area (Å²) in [4.78, 5) is 38.9. The predicted molar refractivity (Wildman–Crippen MR) is 151 cm³/mol. The maximum absolute atomic E-state index is 14.0. The van der Waals surface area contributed by atoms with Gasteiger partial charge in [-0.25, -0.2) is 9.78 Å². The molecule has 6 atom stereocenters. The van der Waals surface area contributed by atoms with Gasteiger partial charge in [0.2, 0.25) is 5.71 Å². The van der Waals surface area contributed by atoms with Crippen LogP contribution in [0.5, 0.6) is 0 Å². The molecule has 4 bridgehead atoms. The van der Waals surface area contributed by atoms with Gasteiger partial charge in [-0.1, -0.05) is 49.4 Å². The Morgan fingerprint density at radius 1 is 0.923 bits per heavy atom. The Bertz CT molecular complexity index is 1280. The molecular weight excluding hydrogens is 492 g/mol. The van der Waals surface area contributed by atoms with Crippen LogP contribution in [0.25, 0.3) is 11.0 Å². The number of hydrogen-bond donors (Lipinski definition) is 1. The zero-order valence-electron chi connectivity index (χ0n) is 23.3. The number of carboxylic acids is 1. The van der Waals surface area contributed by atoms with Crippen molar-refractivity contribution < 1.29 is 14.7 Å². The van der Waals surface area contributed by atoms with Gasteiger partial charge in [0, 0.05) is 24.2 Å². The zero-order chi connectivity index (χ0) is 27.1. The summed E-state index contributed by atoms with van der Waals surface area (Å²) in [6, 6.07) is 9.18. The lowest BCUT2D eigenvalue weighted by Crippen LogP contribution is -2.58.